The van der Waals surface area contributed by atoms with Gasteiger partial charge in [-0.15, -0.1) is 5.10 Å². The number of amides is 3. The van der Waals surface area contributed by atoms with Gasteiger partial charge < -0.3 is 14.8 Å². The smallest absolute Gasteiger partial charge is 0.414 e. The lowest BCUT2D eigenvalue weighted by Gasteiger charge is -2.27. The number of halogens is 1. The van der Waals surface area contributed by atoms with Crippen molar-refractivity contribution in [2.45, 2.75) is 52.5 Å². The molecule has 0 saturated carbocycles. The molecule has 1 N–H and O–H groups in total. The van der Waals surface area contributed by atoms with Gasteiger partial charge in [-0.1, -0.05) is 24.3 Å². The van der Waals surface area contributed by atoms with Crippen LogP contribution in [-0.4, -0.2) is 68.0 Å². The highest BCUT2D eigenvalue weighted by Gasteiger charge is 2.33. The molecule has 2 heterocycles. The maximum atomic E-state index is 15.2. The molecule has 1 fully saturated rings. The van der Waals surface area contributed by atoms with Gasteiger partial charge in [-0.05, 0) is 60.5 Å². The molecule has 0 radical (unpaired) electrons. The molecule has 1 aliphatic heterocycles. The van der Waals surface area contributed by atoms with Crippen molar-refractivity contribution in [1.82, 2.24) is 30.4 Å². The number of tetrazole rings is 1. The van der Waals surface area contributed by atoms with Crippen molar-refractivity contribution in [3.63, 3.8) is 0 Å². The first-order chi connectivity index (χ1) is 18.9. The van der Waals surface area contributed by atoms with E-state index in [1.54, 1.807) is 64.2 Å². The van der Waals surface area contributed by atoms with Gasteiger partial charge in [0.15, 0.2) is 5.82 Å². The van der Waals surface area contributed by atoms with E-state index in [1.807, 2.05) is 0 Å². The Balaban J connectivity index is 1.47. The highest BCUT2D eigenvalue weighted by molar-refractivity contribution is 5.90. The van der Waals surface area contributed by atoms with Gasteiger partial charge in [0, 0.05) is 26.1 Å². The van der Waals surface area contributed by atoms with Crippen molar-refractivity contribution in [2.24, 2.45) is 7.05 Å². The third kappa shape index (κ3) is 7.10. The number of hydrogen-bond acceptors (Lipinski definition) is 8. The molecule has 1 atom stereocenters. The van der Waals surface area contributed by atoms with Crippen LogP contribution < -0.4 is 10.2 Å². The second-order valence-corrected chi connectivity index (χ2v) is 10.5. The predicted molar refractivity (Wildman–Crippen MR) is 142 cm³/mol. The summed E-state index contributed by atoms with van der Waals surface area (Å²) in [6, 6.07) is 11.7. The minimum atomic E-state index is -0.681. The van der Waals surface area contributed by atoms with Gasteiger partial charge in [0.05, 0.1) is 25.3 Å². The first kappa shape index (κ1) is 28.5. The topological polar surface area (TPSA) is 132 Å². The van der Waals surface area contributed by atoms with Crippen LogP contribution in [0.3, 0.4) is 0 Å². The van der Waals surface area contributed by atoms with Gasteiger partial charge in [-0.25, -0.2) is 18.7 Å². The molecule has 1 saturated heterocycles. The molecule has 0 spiro atoms. The molecule has 212 valence electrons. The summed E-state index contributed by atoms with van der Waals surface area (Å²) < 4.78 is 27.5. The molecular formula is C27H32FN7O5. The van der Waals surface area contributed by atoms with Gasteiger partial charge in [0.2, 0.25) is 5.91 Å². The summed E-state index contributed by atoms with van der Waals surface area (Å²) in [4.78, 5) is 39.2. The summed E-state index contributed by atoms with van der Waals surface area (Å²) in [5.74, 6) is -0.238. The number of rotatable bonds is 8. The lowest BCUT2D eigenvalue weighted by molar-refractivity contribution is -0.119. The van der Waals surface area contributed by atoms with Crippen molar-refractivity contribution < 1.29 is 28.2 Å². The quantitative estimate of drug-likeness (QED) is 0.449. The first-order valence-corrected chi connectivity index (χ1v) is 12.7. The van der Waals surface area contributed by atoms with Crippen LogP contribution in [0.25, 0.3) is 11.1 Å². The number of carbonyl (C=O) groups is 3. The Morgan fingerprint density at radius 1 is 1.18 bits per heavy atom. The van der Waals surface area contributed by atoms with Gasteiger partial charge in [-0.2, -0.15) is 0 Å². The number of aromatic nitrogens is 4. The minimum Gasteiger partial charge on any atom is -0.444 e. The fraction of sp³-hybridized carbons (Fsp3) is 0.407. The molecule has 3 amide bonds. The van der Waals surface area contributed by atoms with Crippen LogP contribution in [0.1, 0.15) is 39.1 Å². The average molecular weight is 554 g/mol. The van der Waals surface area contributed by atoms with E-state index in [9.17, 15) is 14.4 Å². The van der Waals surface area contributed by atoms with Crippen LogP contribution in [0, 0.1) is 5.82 Å². The Bertz CT molecular complexity index is 1390. The fourth-order valence-corrected chi connectivity index (χ4v) is 4.08. The molecule has 1 aromatic heterocycles. The van der Waals surface area contributed by atoms with E-state index in [1.165, 1.54) is 27.5 Å². The molecule has 0 aliphatic carbocycles. The zero-order chi connectivity index (χ0) is 29.0. The van der Waals surface area contributed by atoms with E-state index < -0.39 is 29.7 Å². The van der Waals surface area contributed by atoms with Crippen molar-refractivity contribution in [1.29, 1.82) is 0 Å². The summed E-state index contributed by atoms with van der Waals surface area (Å²) in [5, 5.41) is 14.0. The van der Waals surface area contributed by atoms with Gasteiger partial charge in [0.25, 0.3) is 0 Å². The lowest BCUT2D eigenvalue weighted by Crippen LogP contribution is -2.36. The lowest BCUT2D eigenvalue weighted by atomic mass is 10.0. The first-order valence-electron chi connectivity index (χ1n) is 12.7. The molecule has 12 nitrogen and oxygen atoms in total. The molecular weight excluding hydrogens is 521 g/mol. The number of ether oxygens (including phenoxy) is 2. The van der Waals surface area contributed by atoms with E-state index in [4.69, 9.17) is 9.47 Å². The number of nitrogens with one attached hydrogen (secondary N) is 1. The molecule has 1 aliphatic rings. The van der Waals surface area contributed by atoms with E-state index in [-0.39, 0.29) is 32.1 Å². The molecule has 3 aromatic rings. The standard InChI is InChI=1S/C27H32FN7O5/c1-17(36)29-13-21-15-35(26(38)39-21)20-10-11-22(23(28)12-20)19-8-6-18(7-9-19)14-34(25(37)40-27(2,3)4)16-24-30-31-32-33(24)5/h6-12,21H,13-16H2,1-5H3,(H,29,36). The van der Waals surface area contributed by atoms with Crippen molar-refractivity contribution in [3.8, 4) is 11.1 Å². The predicted octanol–water partition coefficient (Wildman–Crippen LogP) is 3.41. The van der Waals surface area contributed by atoms with Crippen LogP contribution in [0.2, 0.25) is 0 Å². The Labute approximate surface area is 231 Å². The van der Waals surface area contributed by atoms with E-state index in [2.05, 4.69) is 20.8 Å². The second kappa shape index (κ2) is 11.7. The van der Waals surface area contributed by atoms with E-state index in [0.29, 0.717) is 22.6 Å². The number of benzene rings is 2. The third-order valence-electron chi connectivity index (χ3n) is 6.05. The summed E-state index contributed by atoms with van der Waals surface area (Å²) in [5.41, 5.74) is 1.46. The van der Waals surface area contributed by atoms with Gasteiger partial charge in [0.1, 0.15) is 17.5 Å². The Hall–Kier alpha value is -4.55. The van der Waals surface area contributed by atoms with E-state index >= 15 is 4.39 Å². The Kier molecular flexibility index (Phi) is 8.31. The van der Waals surface area contributed by atoms with Crippen molar-refractivity contribution >= 4 is 23.8 Å². The molecule has 13 heteroatoms. The second-order valence-electron chi connectivity index (χ2n) is 10.5. The van der Waals surface area contributed by atoms with Crippen LogP contribution in [-0.2, 0) is 34.4 Å². The number of carbonyl (C=O) groups excluding carboxylic acids is 3. The molecule has 4 rings (SSSR count). The van der Waals surface area contributed by atoms with Crippen LogP contribution in [0.5, 0.6) is 0 Å². The van der Waals surface area contributed by atoms with Gasteiger partial charge in [-0.3, -0.25) is 14.6 Å². The Morgan fingerprint density at radius 3 is 2.50 bits per heavy atom. The Morgan fingerprint density at radius 2 is 1.90 bits per heavy atom. The third-order valence-corrected chi connectivity index (χ3v) is 6.05. The van der Waals surface area contributed by atoms with Crippen LogP contribution in [0.15, 0.2) is 42.5 Å². The minimum absolute atomic E-state index is 0.140. The van der Waals surface area contributed by atoms with Gasteiger partial charge >= 0.3 is 12.2 Å². The van der Waals surface area contributed by atoms with E-state index in [0.717, 1.165) is 5.56 Å². The number of anilines is 1. The highest BCUT2D eigenvalue weighted by atomic mass is 19.1. The monoisotopic (exact) mass is 553 g/mol. The number of nitrogens with zero attached hydrogens (tertiary/aromatic N) is 6. The number of hydrogen-bond donors (Lipinski definition) is 1. The largest absolute Gasteiger partial charge is 0.444 e. The summed E-state index contributed by atoms with van der Waals surface area (Å²) >= 11 is 0. The molecule has 1 unspecified atom stereocenters. The fourth-order valence-electron chi connectivity index (χ4n) is 4.08. The summed E-state index contributed by atoms with van der Waals surface area (Å²) in [6.45, 7) is 7.50. The number of aryl methyl sites for hydroxylation is 1. The maximum Gasteiger partial charge on any atom is 0.414 e. The zero-order valence-corrected chi connectivity index (χ0v) is 23.0. The molecule has 2 aromatic carbocycles. The zero-order valence-electron chi connectivity index (χ0n) is 23.0. The average Bonchev–Trinajstić information content (AvgIpc) is 3.46. The van der Waals surface area contributed by atoms with Crippen LogP contribution >= 0.6 is 0 Å². The summed E-state index contributed by atoms with van der Waals surface area (Å²) in [6.07, 6.45) is -1.63. The molecule has 0 bridgehead atoms. The molecule has 40 heavy (non-hydrogen) atoms. The SMILES string of the molecule is CC(=O)NCC1CN(c2ccc(-c3ccc(CN(Cc4nnnn4C)C(=O)OC(C)(C)C)cc3)c(F)c2)C(=O)O1. The highest BCUT2D eigenvalue weighted by Crippen LogP contribution is 2.29. The number of cyclic esters (lactones) is 1. The summed E-state index contributed by atoms with van der Waals surface area (Å²) in [7, 11) is 1.69. The van der Waals surface area contributed by atoms with Crippen molar-refractivity contribution in [3.05, 3.63) is 59.7 Å². The van der Waals surface area contributed by atoms with Crippen LogP contribution in [0.4, 0.5) is 19.7 Å². The van der Waals surface area contributed by atoms with Crippen molar-refractivity contribution in [2.75, 3.05) is 18.0 Å². The maximum absolute atomic E-state index is 15.2. The normalized spacial score (nSPS) is 15.1.